The number of carboxylic acids is 1. The van der Waals surface area contributed by atoms with E-state index in [4.69, 9.17) is 10.6 Å². The summed E-state index contributed by atoms with van der Waals surface area (Å²) >= 11 is 4.14. The first-order chi connectivity index (χ1) is 16.9. The van der Waals surface area contributed by atoms with Gasteiger partial charge in [0.25, 0.3) is 11.8 Å². The predicted octanol–water partition coefficient (Wildman–Crippen LogP) is 0.630. The topological polar surface area (TPSA) is 163 Å². The van der Waals surface area contributed by atoms with Crippen molar-refractivity contribution in [3.8, 4) is 0 Å². The number of nitrogens with zero attached hydrogens (tertiary/aromatic N) is 5. The highest BCUT2D eigenvalue weighted by Crippen LogP contribution is 2.41. The van der Waals surface area contributed by atoms with E-state index in [1.54, 1.807) is 17.1 Å². The minimum absolute atomic E-state index is 0.0485. The van der Waals surface area contributed by atoms with Gasteiger partial charge < -0.3 is 25.9 Å². The molecule has 2 amide bonds. The first kappa shape index (κ1) is 23.4. The summed E-state index contributed by atoms with van der Waals surface area (Å²) in [6, 6.07) is -0.910. The van der Waals surface area contributed by atoms with Gasteiger partial charge in [-0.05, 0) is 11.6 Å². The maximum atomic E-state index is 13.0. The summed E-state index contributed by atoms with van der Waals surface area (Å²) < 4.78 is 0. The third kappa shape index (κ3) is 4.30. The first-order valence-electron chi connectivity index (χ1n) is 10.2. The Hall–Kier alpha value is -3.30. The van der Waals surface area contributed by atoms with Crippen molar-refractivity contribution in [2.75, 3.05) is 31.0 Å². The summed E-state index contributed by atoms with van der Waals surface area (Å²) in [5, 5.41) is 17.5. The van der Waals surface area contributed by atoms with E-state index < -0.39 is 29.2 Å². The lowest BCUT2D eigenvalue weighted by molar-refractivity contribution is -0.150. The number of carbonyl (C=O) groups is 3. The smallest absolute Gasteiger partial charge is 0.352 e. The van der Waals surface area contributed by atoms with Crippen molar-refractivity contribution in [2.24, 2.45) is 10.1 Å². The average Bonchev–Trinajstić information content (AvgIpc) is 3.48. The Balaban J connectivity index is 1.32. The molecule has 1 unspecified atom stereocenters. The monoisotopic (exact) mass is 533 g/mol. The average molecular weight is 534 g/mol. The van der Waals surface area contributed by atoms with E-state index in [0.29, 0.717) is 23.7 Å². The summed E-state index contributed by atoms with van der Waals surface area (Å²) in [6.07, 6.45) is 5.67. The van der Waals surface area contributed by atoms with E-state index in [-0.39, 0.29) is 22.2 Å². The van der Waals surface area contributed by atoms with E-state index in [1.165, 1.54) is 23.8 Å². The number of thioether (sulfide) groups is 2. The number of aliphatic carboxylic acids is 1. The highest BCUT2D eigenvalue weighted by Gasteiger charge is 2.54. The number of hydrogen-bond acceptors (Lipinski definition) is 12. The number of β-lactam (4-membered cyclic amide) rings is 1. The second-order valence-corrected chi connectivity index (χ2v) is 10.6. The molecule has 12 nitrogen and oxygen atoms in total. The molecule has 0 aromatic carbocycles. The normalized spacial score (nSPS) is 23.3. The minimum Gasteiger partial charge on any atom is -0.477 e. The minimum atomic E-state index is -1.19. The van der Waals surface area contributed by atoms with Gasteiger partial charge in [-0.1, -0.05) is 16.9 Å². The quantitative estimate of drug-likeness (QED) is 0.257. The Morgan fingerprint density at radius 1 is 1.43 bits per heavy atom. The summed E-state index contributed by atoms with van der Waals surface area (Å²) in [4.78, 5) is 55.3. The summed E-state index contributed by atoms with van der Waals surface area (Å²) in [7, 11) is 1.29. The van der Waals surface area contributed by atoms with Crippen molar-refractivity contribution in [1.82, 2.24) is 20.1 Å². The first-order valence-corrected chi connectivity index (χ1v) is 13.2. The molecule has 35 heavy (non-hydrogen) atoms. The molecule has 0 radical (unpaired) electrons. The molecule has 1 fully saturated rings. The second-order valence-electron chi connectivity index (χ2n) is 7.61. The van der Waals surface area contributed by atoms with Crippen molar-refractivity contribution in [2.45, 2.75) is 11.4 Å². The maximum absolute atomic E-state index is 13.0. The lowest BCUT2D eigenvalue weighted by Gasteiger charge is -2.49. The van der Waals surface area contributed by atoms with Crippen LogP contribution in [0.3, 0.4) is 0 Å². The van der Waals surface area contributed by atoms with Gasteiger partial charge in [0, 0.05) is 30.1 Å². The molecule has 1 aromatic rings. The number of nitrogens with two attached hydrogens (primary N) is 1. The largest absolute Gasteiger partial charge is 0.477 e. The number of carbonyl (C=O) groups excluding carboxylic acids is 2. The fraction of sp³-hybridized carbons (Fsp3) is 0.300. The third-order valence-electron chi connectivity index (χ3n) is 5.49. The van der Waals surface area contributed by atoms with E-state index in [0.717, 1.165) is 22.0 Å². The van der Waals surface area contributed by atoms with Gasteiger partial charge in [0.1, 0.15) is 29.9 Å². The number of rotatable bonds is 7. The molecule has 2 atom stereocenters. The zero-order valence-electron chi connectivity index (χ0n) is 18.2. The molecule has 0 spiro atoms. The zero-order valence-corrected chi connectivity index (χ0v) is 20.7. The van der Waals surface area contributed by atoms with Crippen LogP contribution in [0.2, 0.25) is 0 Å². The fourth-order valence-corrected chi connectivity index (χ4v) is 6.66. The van der Waals surface area contributed by atoms with Crippen LogP contribution in [0, 0.1) is 0 Å². The van der Waals surface area contributed by atoms with Gasteiger partial charge in [0.05, 0.1) is 16.5 Å². The third-order valence-corrected chi connectivity index (χ3v) is 8.38. The predicted molar refractivity (Wildman–Crippen MR) is 134 cm³/mol. The van der Waals surface area contributed by atoms with Crippen LogP contribution < -0.4 is 11.1 Å². The number of aromatic nitrogens is 1. The van der Waals surface area contributed by atoms with Gasteiger partial charge in [0.2, 0.25) is 0 Å². The Kier molecular flexibility index (Phi) is 6.29. The van der Waals surface area contributed by atoms with Crippen LogP contribution in [0.25, 0.3) is 0 Å². The number of fused-ring (bicyclic) bond motifs is 2. The molecule has 1 saturated heterocycles. The molecule has 1 aromatic heterocycles. The number of nitrogen functional groups attached to an aromatic ring is 1. The van der Waals surface area contributed by atoms with Crippen LogP contribution in [0.1, 0.15) is 5.69 Å². The van der Waals surface area contributed by atoms with Gasteiger partial charge in [-0.15, -0.1) is 23.1 Å². The molecule has 4 aliphatic heterocycles. The Labute approximate surface area is 211 Å². The van der Waals surface area contributed by atoms with Gasteiger partial charge >= 0.3 is 5.97 Å². The number of thiazole rings is 1. The second kappa shape index (κ2) is 9.39. The van der Waals surface area contributed by atoms with Crippen molar-refractivity contribution in [3.63, 3.8) is 0 Å². The number of aliphatic imine (C=N–C) groups is 1. The maximum Gasteiger partial charge on any atom is 0.352 e. The lowest BCUT2D eigenvalue weighted by Crippen LogP contribution is -2.71. The van der Waals surface area contributed by atoms with E-state index in [9.17, 15) is 19.5 Å². The number of nitrogens with one attached hydrogen (secondary N) is 1. The van der Waals surface area contributed by atoms with E-state index in [1.807, 2.05) is 23.4 Å². The molecule has 0 bridgehead atoms. The van der Waals surface area contributed by atoms with E-state index >= 15 is 0 Å². The van der Waals surface area contributed by atoms with E-state index in [2.05, 4.69) is 20.4 Å². The summed E-state index contributed by atoms with van der Waals surface area (Å²) in [5.74, 6) is -1.30. The molecule has 0 saturated carbocycles. The Morgan fingerprint density at radius 2 is 2.26 bits per heavy atom. The van der Waals surface area contributed by atoms with Gasteiger partial charge in [-0.2, -0.15) is 0 Å². The van der Waals surface area contributed by atoms with Crippen molar-refractivity contribution in [3.05, 3.63) is 45.7 Å². The standard InChI is InChI=1S/C20H19N7O5S3/c1-32-25-13(11-7-34-20(21)23-11)16(28)24-14-17(29)27-15(19(30)31)9(6-33-18(14)27)4-26-3-2-10-12(5-26)35-8-22-10/h2-3,5,7,14,18H,4,6,8H2,1H3,(H2,21,23)(H,24,28)(H,30,31)/b25-13-/t14?,18-/m1/s1. The molecule has 4 N–H and O–H groups in total. The highest BCUT2D eigenvalue weighted by molar-refractivity contribution is 8.04. The Morgan fingerprint density at radius 3 is 2.97 bits per heavy atom. The van der Waals surface area contributed by atoms with Crippen LogP contribution in [0.15, 0.2) is 50.2 Å². The molecule has 0 aliphatic carbocycles. The van der Waals surface area contributed by atoms with Crippen molar-refractivity contribution < 1.29 is 24.3 Å². The fourth-order valence-electron chi connectivity index (χ4n) is 3.95. The lowest BCUT2D eigenvalue weighted by atomic mass is 10.0. The number of carboxylic acid groups (broad SMARTS) is 1. The highest BCUT2D eigenvalue weighted by atomic mass is 32.2. The van der Waals surface area contributed by atoms with Crippen LogP contribution >= 0.6 is 34.9 Å². The van der Waals surface area contributed by atoms with Gasteiger partial charge in [0.15, 0.2) is 10.8 Å². The summed E-state index contributed by atoms with van der Waals surface area (Å²) in [5.41, 5.74) is 7.23. The van der Waals surface area contributed by atoms with Crippen molar-refractivity contribution >= 4 is 69.2 Å². The van der Waals surface area contributed by atoms with Gasteiger partial charge in [-0.3, -0.25) is 19.5 Å². The molecule has 15 heteroatoms. The number of anilines is 1. The molecule has 5 heterocycles. The van der Waals surface area contributed by atoms with Crippen LogP contribution in [-0.4, -0.2) is 85.8 Å². The number of oxime groups is 1. The number of amides is 2. The molecular formula is C20H19N7O5S3. The molecule has 5 rings (SSSR count). The van der Waals surface area contributed by atoms with Crippen molar-refractivity contribution in [1.29, 1.82) is 0 Å². The van der Waals surface area contributed by atoms with Gasteiger partial charge in [-0.25, -0.2) is 9.78 Å². The van der Waals surface area contributed by atoms with Crippen LogP contribution in [0.5, 0.6) is 0 Å². The molecule has 4 aliphatic rings. The number of allylic oxidation sites excluding steroid dienone is 2. The summed E-state index contributed by atoms with van der Waals surface area (Å²) in [6.45, 7) is 0.325. The SMILES string of the molecule is CO/N=C(\C(=O)NC1C(=O)N2C(C(=O)O)=C(CN3C=CC4=NCSC4=C3)CS[C@H]12)c1csc(N)n1. The molecule has 182 valence electrons. The Bertz CT molecular complexity index is 1270. The number of hydrogen-bond donors (Lipinski definition) is 3. The molecular weight excluding hydrogens is 514 g/mol. The van der Waals surface area contributed by atoms with Crippen LogP contribution in [-0.2, 0) is 19.2 Å². The van der Waals surface area contributed by atoms with Crippen LogP contribution in [0.4, 0.5) is 5.13 Å². The zero-order chi connectivity index (χ0) is 24.7.